The van der Waals surface area contributed by atoms with Crippen molar-refractivity contribution in [1.29, 1.82) is 0 Å². The van der Waals surface area contributed by atoms with Crippen LogP contribution in [0.5, 0.6) is 0 Å². The van der Waals surface area contributed by atoms with Crippen molar-refractivity contribution in [2.24, 2.45) is 0 Å². The van der Waals surface area contributed by atoms with Gasteiger partial charge in [-0.1, -0.05) is 30.3 Å². The molecule has 0 heterocycles. The fraction of sp³-hybridized carbons (Fsp3) is 0. The molecule has 0 aliphatic rings. The van der Waals surface area contributed by atoms with E-state index in [4.69, 9.17) is 9.79 Å². The van der Waals surface area contributed by atoms with Crippen LogP contribution < -0.4 is 0 Å². The third-order valence-electron chi connectivity index (χ3n) is 1.26. The fourth-order valence-electron chi connectivity index (χ4n) is 0.747. The highest BCUT2D eigenvalue weighted by Crippen LogP contribution is 2.36. The van der Waals surface area contributed by atoms with E-state index >= 15 is 0 Å². The molecule has 0 saturated heterocycles. The predicted octanol–water partition coefficient (Wildman–Crippen LogP) is 1.83. The van der Waals surface area contributed by atoms with E-state index in [1.54, 1.807) is 24.3 Å². The van der Waals surface area contributed by atoms with Gasteiger partial charge in [0.05, 0.1) is 0 Å². The Kier molecular flexibility index (Phi) is 2.82. The van der Waals surface area contributed by atoms with Crippen molar-refractivity contribution in [1.82, 2.24) is 0 Å². The van der Waals surface area contributed by atoms with E-state index < -0.39 is 7.60 Å². The standard InChI is InChI=1S/C8H9O3P/c9-12(10,11)7-6-8-4-2-1-3-5-8/h1-7H,(H2,9,10,11)/b7-6-. The molecule has 0 unspecified atom stereocenters. The Hall–Kier alpha value is -0.890. The molecule has 0 fully saturated rings. The van der Waals surface area contributed by atoms with E-state index in [9.17, 15) is 4.57 Å². The van der Waals surface area contributed by atoms with Crippen LogP contribution in [-0.4, -0.2) is 9.79 Å². The Morgan fingerprint density at radius 1 is 1.17 bits per heavy atom. The van der Waals surface area contributed by atoms with Gasteiger partial charge in [-0.3, -0.25) is 4.57 Å². The predicted molar refractivity (Wildman–Crippen MR) is 47.5 cm³/mol. The highest BCUT2D eigenvalue weighted by molar-refractivity contribution is 7.55. The minimum absolute atomic E-state index is 0.779. The highest BCUT2D eigenvalue weighted by atomic mass is 31.2. The summed E-state index contributed by atoms with van der Waals surface area (Å²) in [5.41, 5.74) is 0.779. The van der Waals surface area contributed by atoms with Crippen LogP contribution in [0.1, 0.15) is 5.56 Å². The van der Waals surface area contributed by atoms with Crippen LogP contribution in [0, 0.1) is 0 Å². The Morgan fingerprint density at radius 2 is 1.75 bits per heavy atom. The topological polar surface area (TPSA) is 57.5 Å². The maximum absolute atomic E-state index is 10.4. The van der Waals surface area contributed by atoms with E-state index in [0.717, 1.165) is 11.4 Å². The Bertz CT molecular complexity index is 312. The van der Waals surface area contributed by atoms with Crippen molar-refractivity contribution < 1.29 is 14.4 Å². The third-order valence-corrected chi connectivity index (χ3v) is 1.80. The Labute approximate surface area is 70.5 Å². The van der Waals surface area contributed by atoms with Crippen LogP contribution in [0.3, 0.4) is 0 Å². The summed E-state index contributed by atoms with van der Waals surface area (Å²) in [6, 6.07) is 8.99. The van der Waals surface area contributed by atoms with Gasteiger partial charge in [0, 0.05) is 5.82 Å². The van der Waals surface area contributed by atoms with Gasteiger partial charge in [0.25, 0.3) is 0 Å². The van der Waals surface area contributed by atoms with Crippen LogP contribution in [0.4, 0.5) is 0 Å². The van der Waals surface area contributed by atoms with Crippen molar-refractivity contribution in [3.05, 3.63) is 41.7 Å². The quantitative estimate of drug-likeness (QED) is 0.689. The van der Waals surface area contributed by atoms with E-state index in [0.29, 0.717) is 0 Å². The van der Waals surface area contributed by atoms with E-state index in [2.05, 4.69) is 0 Å². The summed E-state index contributed by atoms with van der Waals surface area (Å²) in [5, 5.41) is 0. The summed E-state index contributed by atoms with van der Waals surface area (Å²) in [4.78, 5) is 17.0. The summed E-state index contributed by atoms with van der Waals surface area (Å²) in [6.45, 7) is 0. The fourth-order valence-corrected chi connectivity index (χ4v) is 1.11. The summed E-state index contributed by atoms with van der Waals surface area (Å²) in [5.74, 6) is 0.891. The number of benzene rings is 1. The molecule has 64 valence electrons. The normalized spacial score (nSPS) is 12.2. The summed E-state index contributed by atoms with van der Waals surface area (Å²) < 4.78 is 10.4. The maximum atomic E-state index is 10.4. The first kappa shape index (κ1) is 9.20. The average Bonchev–Trinajstić information content (AvgIpc) is 2.02. The molecule has 4 heteroatoms. The monoisotopic (exact) mass is 184 g/mol. The first-order valence-electron chi connectivity index (χ1n) is 3.37. The van der Waals surface area contributed by atoms with Gasteiger partial charge in [0.2, 0.25) is 0 Å². The second kappa shape index (κ2) is 3.68. The molecular weight excluding hydrogens is 175 g/mol. The Morgan fingerprint density at radius 3 is 2.25 bits per heavy atom. The van der Waals surface area contributed by atoms with Gasteiger partial charge in [-0.05, 0) is 11.6 Å². The highest BCUT2D eigenvalue weighted by Gasteiger charge is 2.04. The molecule has 12 heavy (non-hydrogen) atoms. The zero-order valence-corrected chi connectivity index (χ0v) is 7.19. The van der Waals surface area contributed by atoms with Crippen LogP contribution in [0.2, 0.25) is 0 Å². The minimum Gasteiger partial charge on any atom is -0.321 e. The average molecular weight is 184 g/mol. The smallest absolute Gasteiger partial charge is 0.321 e. The first-order chi connectivity index (χ1) is 5.58. The molecule has 0 spiro atoms. The molecule has 0 amide bonds. The van der Waals surface area contributed by atoms with Gasteiger partial charge in [0.15, 0.2) is 0 Å². The zero-order valence-electron chi connectivity index (χ0n) is 6.29. The van der Waals surface area contributed by atoms with Gasteiger partial charge in [-0.2, -0.15) is 0 Å². The van der Waals surface area contributed by atoms with Crippen LogP contribution >= 0.6 is 7.60 Å². The summed E-state index contributed by atoms with van der Waals surface area (Å²) >= 11 is 0. The second-order valence-corrected chi connectivity index (χ2v) is 3.79. The van der Waals surface area contributed by atoms with Gasteiger partial charge in [-0.25, -0.2) is 0 Å². The van der Waals surface area contributed by atoms with Crippen molar-refractivity contribution in [3.63, 3.8) is 0 Å². The third kappa shape index (κ3) is 3.49. The summed E-state index contributed by atoms with van der Waals surface area (Å²) in [6.07, 6.45) is 1.40. The molecule has 0 radical (unpaired) electrons. The molecular formula is C8H9O3P. The molecule has 0 bridgehead atoms. The maximum Gasteiger partial charge on any atom is 0.349 e. The summed E-state index contributed by atoms with van der Waals surface area (Å²) in [7, 11) is -4.01. The van der Waals surface area contributed by atoms with Crippen molar-refractivity contribution in [2.45, 2.75) is 0 Å². The van der Waals surface area contributed by atoms with Crippen LogP contribution in [0.25, 0.3) is 6.08 Å². The molecule has 0 aromatic heterocycles. The van der Waals surface area contributed by atoms with Crippen molar-refractivity contribution in [3.8, 4) is 0 Å². The van der Waals surface area contributed by atoms with E-state index in [-0.39, 0.29) is 0 Å². The van der Waals surface area contributed by atoms with Crippen LogP contribution in [-0.2, 0) is 4.57 Å². The molecule has 0 aliphatic carbocycles. The lowest BCUT2D eigenvalue weighted by molar-refractivity contribution is 0.386. The molecule has 0 atom stereocenters. The molecule has 0 saturated carbocycles. The molecule has 2 N–H and O–H groups in total. The molecule has 1 aromatic carbocycles. The largest absolute Gasteiger partial charge is 0.349 e. The molecule has 3 nitrogen and oxygen atoms in total. The second-order valence-electron chi connectivity index (χ2n) is 2.32. The number of rotatable bonds is 2. The van der Waals surface area contributed by atoms with E-state index in [1.165, 1.54) is 6.08 Å². The number of hydrogen-bond donors (Lipinski definition) is 2. The molecule has 0 aliphatic heterocycles. The van der Waals surface area contributed by atoms with Gasteiger partial charge >= 0.3 is 7.60 Å². The lowest BCUT2D eigenvalue weighted by atomic mass is 10.2. The SMILES string of the molecule is O=P(O)(O)/C=C\c1ccccc1. The number of hydrogen-bond acceptors (Lipinski definition) is 1. The van der Waals surface area contributed by atoms with E-state index in [1.807, 2.05) is 6.07 Å². The van der Waals surface area contributed by atoms with Crippen LogP contribution in [0.15, 0.2) is 36.1 Å². The minimum atomic E-state index is -4.01. The lowest BCUT2D eigenvalue weighted by Gasteiger charge is -1.94. The van der Waals surface area contributed by atoms with Crippen molar-refractivity contribution >= 4 is 13.7 Å². The van der Waals surface area contributed by atoms with Gasteiger partial charge < -0.3 is 9.79 Å². The van der Waals surface area contributed by atoms with Gasteiger partial charge in [0.1, 0.15) is 0 Å². The molecule has 1 rings (SSSR count). The Balaban J connectivity index is 2.78. The van der Waals surface area contributed by atoms with Crippen molar-refractivity contribution in [2.75, 3.05) is 0 Å². The molecule has 1 aromatic rings. The first-order valence-corrected chi connectivity index (χ1v) is 5.06. The zero-order chi connectivity index (χ0) is 9.03. The lowest BCUT2D eigenvalue weighted by Crippen LogP contribution is -1.71. The van der Waals surface area contributed by atoms with Gasteiger partial charge in [-0.15, -0.1) is 0 Å².